The Balaban J connectivity index is 1.62. The maximum Gasteiger partial charge on any atom is 0.268 e. The third kappa shape index (κ3) is 6.15. The second-order valence-electron chi connectivity index (χ2n) is 7.74. The lowest BCUT2D eigenvalue weighted by molar-refractivity contribution is 0.0954. The van der Waals surface area contributed by atoms with Crippen LogP contribution in [0.1, 0.15) is 22.8 Å². The van der Waals surface area contributed by atoms with Gasteiger partial charge in [0, 0.05) is 29.5 Å². The largest absolute Gasteiger partial charge is 0.436 e. The van der Waals surface area contributed by atoms with E-state index in [1.165, 1.54) is 17.0 Å². The Morgan fingerprint density at radius 1 is 1.14 bits per heavy atom. The standard InChI is InChI=1S/C25H22ClN5O4/c1-16(2)13-27-23(32)21-14-28-25(31(24(21)33)15-17-3-5-18(26)6-4-17)29-19-7-9-20(10-8-19)35-22-11-12-34-30-22/h3-12,14H,1,13,15H2,2H3,(H,27,32)(H,28,29). The zero-order chi connectivity index (χ0) is 24.8. The fraction of sp³-hybridized carbons (Fsp3) is 0.120. The first kappa shape index (κ1) is 23.8. The monoisotopic (exact) mass is 491 g/mol. The van der Waals surface area contributed by atoms with Crippen LogP contribution in [0.5, 0.6) is 11.6 Å². The molecule has 35 heavy (non-hydrogen) atoms. The van der Waals surface area contributed by atoms with Crippen LogP contribution in [-0.4, -0.2) is 27.2 Å². The molecule has 1 amide bonds. The molecule has 2 aromatic carbocycles. The van der Waals surface area contributed by atoms with Gasteiger partial charge in [-0.3, -0.25) is 14.2 Å². The first-order chi connectivity index (χ1) is 16.9. The van der Waals surface area contributed by atoms with Gasteiger partial charge in [0.2, 0.25) is 5.95 Å². The molecular formula is C25H22ClN5O4. The molecule has 0 saturated carbocycles. The Hall–Kier alpha value is -4.37. The highest BCUT2D eigenvalue weighted by Gasteiger charge is 2.17. The van der Waals surface area contributed by atoms with Crippen molar-refractivity contribution in [1.29, 1.82) is 0 Å². The molecular weight excluding hydrogens is 470 g/mol. The lowest BCUT2D eigenvalue weighted by atomic mass is 10.2. The minimum absolute atomic E-state index is 0.0675. The fourth-order valence-corrected chi connectivity index (χ4v) is 3.23. The molecule has 10 heteroatoms. The van der Waals surface area contributed by atoms with Crippen LogP contribution in [-0.2, 0) is 6.54 Å². The zero-order valence-electron chi connectivity index (χ0n) is 18.8. The zero-order valence-corrected chi connectivity index (χ0v) is 19.6. The molecule has 2 aromatic heterocycles. The third-order valence-electron chi connectivity index (χ3n) is 4.84. The van der Waals surface area contributed by atoms with E-state index in [4.69, 9.17) is 20.9 Å². The second kappa shape index (κ2) is 10.7. The normalized spacial score (nSPS) is 10.6. The number of benzene rings is 2. The van der Waals surface area contributed by atoms with Gasteiger partial charge in [-0.1, -0.05) is 35.9 Å². The molecule has 4 aromatic rings. The van der Waals surface area contributed by atoms with Crippen LogP contribution in [0.2, 0.25) is 5.02 Å². The average Bonchev–Trinajstić information content (AvgIpc) is 3.35. The molecule has 9 nitrogen and oxygen atoms in total. The van der Waals surface area contributed by atoms with E-state index >= 15 is 0 Å². The number of nitrogens with one attached hydrogen (secondary N) is 2. The van der Waals surface area contributed by atoms with Crippen molar-refractivity contribution in [3.05, 3.63) is 106 Å². The smallest absolute Gasteiger partial charge is 0.268 e. The summed E-state index contributed by atoms with van der Waals surface area (Å²) in [5.41, 5.74) is 1.69. The summed E-state index contributed by atoms with van der Waals surface area (Å²) in [4.78, 5) is 30.3. The van der Waals surface area contributed by atoms with Gasteiger partial charge >= 0.3 is 0 Å². The second-order valence-corrected chi connectivity index (χ2v) is 8.18. The van der Waals surface area contributed by atoms with Gasteiger partial charge in [-0.15, -0.1) is 0 Å². The Labute approximate surface area is 206 Å². The topological polar surface area (TPSA) is 111 Å². The molecule has 4 rings (SSSR count). The van der Waals surface area contributed by atoms with Gasteiger partial charge in [-0.05, 0) is 54.0 Å². The molecule has 0 atom stereocenters. The van der Waals surface area contributed by atoms with Crippen LogP contribution < -0.4 is 20.9 Å². The minimum atomic E-state index is -0.517. The highest BCUT2D eigenvalue weighted by atomic mass is 35.5. The summed E-state index contributed by atoms with van der Waals surface area (Å²) in [6, 6.07) is 15.7. The summed E-state index contributed by atoms with van der Waals surface area (Å²) in [6.07, 6.45) is 2.68. The van der Waals surface area contributed by atoms with E-state index in [-0.39, 0.29) is 24.6 Å². The number of aromatic nitrogens is 3. The van der Waals surface area contributed by atoms with Crippen molar-refractivity contribution in [3.63, 3.8) is 0 Å². The first-order valence-corrected chi connectivity index (χ1v) is 11.0. The molecule has 0 saturated heterocycles. The number of rotatable bonds is 9. The van der Waals surface area contributed by atoms with Gasteiger partial charge in [0.15, 0.2) is 0 Å². The molecule has 0 aliphatic rings. The molecule has 2 N–H and O–H groups in total. The summed E-state index contributed by atoms with van der Waals surface area (Å²) in [5, 5.41) is 10.1. The van der Waals surface area contributed by atoms with Gasteiger partial charge in [-0.2, -0.15) is 0 Å². The Morgan fingerprint density at radius 3 is 2.54 bits per heavy atom. The van der Waals surface area contributed by atoms with E-state index < -0.39 is 11.5 Å². The average molecular weight is 492 g/mol. The van der Waals surface area contributed by atoms with Gasteiger partial charge in [0.1, 0.15) is 17.6 Å². The van der Waals surface area contributed by atoms with Crippen LogP contribution in [0, 0.1) is 0 Å². The van der Waals surface area contributed by atoms with E-state index in [2.05, 4.69) is 27.4 Å². The van der Waals surface area contributed by atoms with E-state index in [1.54, 1.807) is 49.4 Å². The number of anilines is 2. The lowest BCUT2D eigenvalue weighted by Gasteiger charge is -2.15. The predicted molar refractivity (Wildman–Crippen MR) is 132 cm³/mol. The van der Waals surface area contributed by atoms with Crippen molar-refractivity contribution in [2.45, 2.75) is 13.5 Å². The maximum atomic E-state index is 13.3. The first-order valence-electron chi connectivity index (χ1n) is 10.6. The molecule has 0 radical (unpaired) electrons. The Kier molecular flexibility index (Phi) is 7.27. The van der Waals surface area contributed by atoms with E-state index in [9.17, 15) is 9.59 Å². The summed E-state index contributed by atoms with van der Waals surface area (Å²) in [6.45, 7) is 5.99. The Bertz CT molecular complexity index is 1380. The number of nitrogens with zero attached hydrogens (tertiary/aromatic N) is 3. The molecule has 2 heterocycles. The molecule has 0 fully saturated rings. The van der Waals surface area contributed by atoms with Gasteiger partial charge in [0.25, 0.3) is 17.3 Å². The van der Waals surface area contributed by atoms with Crippen LogP contribution >= 0.6 is 11.6 Å². The number of halogens is 1. The van der Waals surface area contributed by atoms with Crippen molar-refractivity contribution >= 4 is 29.1 Å². The molecule has 0 spiro atoms. The molecule has 0 aliphatic heterocycles. The summed E-state index contributed by atoms with van der Waals surface area (Å²) in [5.74, 6) is 0.646. The molecule has 0 bridgehead atoms. The third-order valence-corrected chi connectivity index (χ3v) is 5.10. The van der Waals surface area contributed by atoms with Gasteiger partial charge in [0.05, 0.1) is 6.54 Å². The number of carbonyl (C=O) groups is 1. The fourth-order valence-electron chi connectivity index (χ4n) is 3.10. The number of ether oxygens (including phenoxy) is 1. The SMILES string of the molecule is C=C(C)CNC(=O)c1cnc(Nc2ccc(Oc3ccon3)cc2)n(Cc2ccc(Cl)cc2)c1=O. The van der Waals surface area contributed by atoms with Crippen LogP contribution in [0.3, 0.4) is 0 Å². The number of hydrogen-bond acceptors (Lipinski definition) is 7. The van der Waals surface area contributed by atoms with Crippen LogP contribution in [0.4, 0.5) is 11.6 Å². The summed E-state index contributed by atoms with van der Waals surface area (Å²) < 4.78 is 11.7. The number of carbonyl (C=O) groups excluding carboxylic acids is 1. The molecule has 0 unspecified atom stereocenters. The van der Waals surface area contributed by atoms with Crippen molar-refractivity contribution in [2.24, 2.45) is 0 Å². The van der Waals surface area contributed by atoms with Crippen molar-refractivity contribution in [2.75, 3.05) is 11.9 Å². The van der Waals surface area contributed by atoms with Crippen molar-refractivity contribution in [3.8, 4) is 11.6 Å². The van der Waals surface area contributed by atoms with E-state index in [0.717, 1.165) is 11.1 Å². The van der Waals surface area contributed by atoms with Crippen LogP contribution in [0.15, 0.2) is 88.5 Å². The van der Waals surface area contributed by atoms with Crippen molar-refractivity contribution in [1.82, 2.24) is 20.0 Å². The molecule has 178 valence electrons. The summed E-state index contributed by atoms with van der Waals surface area (Å²) >= 11 is 6.00. The van der Waals surface area contributed by atoms with Gasteiger partial charge < -0.3 is 19.9 Å². The number of hydrogen-bond donors (Lipinski definition) is 2. The Morgan fingerprint density at radius 2 is 1.89 bits per heavy atom. The lowest BCUT2D eigenvalue weighted by Crippen LogP contribution is -2.35. The predicted octanol–water partition coefficient (Wildman–Crippen LogP) is 4.77. The van der Waals surface area contributed by atoms with E-state index in [0.29, 0.717) is 22.3 Å². The highest BCUT2D eigenvalue weighted by molar-refractivity contribution is 6.30. The summed E-state index contributed by atoms with van der Waals surface area (Å²) in [7, 11) is 0. The number of amides is 1. The maximum absolute atomic E-state index is 13.3. The van der Waals surface area contributed by atoms with Crippen molar-refractivity contribution < 1.29 is 14.1 Å². The van der Waals surface area contributed by atoms with Gasteiger partial charge in [-0.25, -0.2) is 4.98 Å². The quantitative estimate of drug-likeness (QED) is 0.324. The highest BCUT2D eigenvalue weighted by Crippen LogP contribution is 2.23. The minimum Gasteiger partial charge on any atom is -0.436 e. The van der Waals surface area contributed by atoms with Crippen LogP contribution in [0.25, 0.3) is 0 Å². The molecule has 0 aliphatic carbocycles. The van der Waals surface area contributed by atoms with E-state index in [1.807, 2.05) is 12.1 Å².